The molecule has 96 valence electrons. The zero-order valence-corrected chi connectivity index (χ0v) is 10.8. The number of hydrogen-bond acceptors (Lipinski definition) is 5. The van der Waals surface area contributed by atoms with E-state index < -0.39 is 26.6 Å². The molecule has 0 amide bonds. The van der Waals surface area contributed by atoms with Gasteiger partial charge < -0.3 is 15.2 Å². The fourth-order valence-corrected chi connectivity index (χ4v) is 1.23. The molecule has 16 heavy (non-hydrogen) atoms. The van der Waals surface area contributed by atoms with E-state index in [0.29, 0.717) is 0 Å². The van der Waals surface area contributed by atoms with E-state index in [2.05, 4.69) is 5.32 Å². The molecule has 1 atom stereocenters. The lowest BCUT2D eigenvalue weighted by atomic mass is 10.2. The van der Waals surface area contributed by atoms with Crippen LogP contribution in [0.5, 0.6) is 0 Å². The van der Waals surface area contributed by atoms with Gasteiger partial charge in [-0.25, -0.2) is 8.42 Å². The summed E-state index contributed by atoms with van der Waals surface area (Å²) in [6.45, 7) is 3.14. The minimum absolute atomic E-state index is 0.00479. The van der Waals surface area contributed by atoms with Gasteiger partial charge in [0.1, 0.15) is 6.04 Å². The highest BCUT2D eigenvalue weighted by Crippen LogP contribution is 2.13. The monoisotopic (exact) mass is 253 g/mol. The van der Waals surface area contributed by atoms with Gasteiger partial charge in [-0.2, -0.15) is 0 Å². The maximum Gasteiger partial charge on any atom is 0.323 e. The van der Waals surface area contributed by atoms with E-state index in [-0.39, 0.29) is 13.2 Å². The van der Waals surface area contributed by atoms with Gasteiger partial charge in [0.05, 0.1) is 11.4 Å². The van der Waals surface area contributed by atoms with Gasteiger partial charge in [0, 0.05) is 19.9 Å². The second-order valence-corrected chi connectivity index (χ2v) is 6.91. The van der Waals surface area contributed by atoms with Crippen LogP contribution in [-0.4, -0.2) is 56.8 Å². The fourth-order valence-electron chi connectivity index (χ4n) is 0.884. The van der Waals surface area contributed by atoms with E-state index in [1.807, 2.05) is 0 Å². The zero-order valence-electron chi connectivity index (χ0n) is 9.98. The Labute approximate surface area is 95.9 Å². The predicted molar refractivity (Wildman–Crippen MR) is 60.2 cm³/mol. The Morgan fingerprint density at radius 1 is 1.50 bits per heavy atom. The van der Waals surface area contributed by atoms with Gasteiger partial charge >= 0.3 is 5.97 Å². The first-order chi connectivity index (χ1) is 7.12. The number of rotatable bonds is 7. The van der Waals surface area contributed by atoms with Crippen LogP contribution in [0.15, 0.2) is 0 Å². The lowest BCUT2D eigenvalue weighted by molar-refractivity contribution is -0.140. The third kappa shape index (κ3) is 4.46. The Morgan fingerprint density at radius 3 is 2.31 bits per heavy atom. The number of sulfone groups is 1. The summed E-state index contributed by atoms with van der Waals surface area (Å²) >= 11 is 0. The van der Waals surface area contributed by atoms with Crippen molar-refractivity contribution in [3.63, 3.8) is 0 Å². The van der Waals surface area contributed by atoms with Gasteiger partial charge in [0.2, 0.25) is 0 Å². The van der Waals surface area contributed by atoms with Crippen LogP contribution in [0.4, 0.5) is 0 Å². The third-order valence-corrected chi connectivity index (χ3v) is 4.56. The number of hydrogen-bond donors (Lipinski definition) is 2. The fraction of sp³-hybridized carbons (Fsp3) is 0.889. The lowest BCUT2D eigenvalue weighted by Crippen LogP contribution is -2.49. The van der Waals surface area contributed by atoms with Crippen molar-refractivity contribution in [2.24, 2.45) is 0 Å². The summed E-state index contributed by atoms with van der Waals surface area (Å²) < 4.78 is 26.5. The van der Waals surface area contributed by atoms with Crippen molar-refractivity contribution in [2.45, 2.75) is 24.6 Å². The first kappa shape index (κ1) is 15.3. The molecule has 6 nitrogen and oxygen atoms in total. The van der Waals surface area contributed by atoms with E-state index in [1.54, 1.807) is 13.8 Å². The molecular formula is C9H19NO5S. The van der Waals surface area contributed by atoms with Gasteiger partial charge in [-0.15, -0.1) is 0 Å². The molecule has 7 heteroatoms. The highest BCUT2D eigenvalue weighted by atomic mass is 32.2. The normalized spacial score (nSPS) is 14.8. The summed E-state index contributed by atoms with van der Waals surface area (Å²) in [5.41, 5.74) is 0. The van der Waals surface area contributed by atoms with E-state index >= 15 is 0 Å². The van der Waals surface area contributed by atoms with Crippen LogP contribution in [0.2, 0.25) is 0 Å². The quantitative estimate of drug-likeness (QED) is 0.635. The summed E-state index contributed by atoms with van der Waals surface area (Å²) in [5.74, 6) is -1.06. The smallest absolute Gasteiger partial charge is 0.323 e. The number of methoxy groups -OCH3 is 1. The maximum absolute atomic E-state index is 11.4. The molecule has 0 aliphatic carbocycles. The van der Waals surface area contributed by atoms with Crippen LogP contribution >= 0.6 is 0 Å². The average molecular weight is 253 g/mol. The van der Waals surface area contributed by atoms with Crippen molar-refractivity contribution in [3.8, 4) is 0 Å². The summed E-state index contributed by atoms with van der Waals surface area (Å²) in [5, 5.41) is 11.5. The lowest BCUT2D eigenvalue weighted by Gasteiger charge is -2.25. The van der Waals surface area contributed by atoms with Crippen molar-refractivity contribution in [1.29, 1.82) is 0 Å². The summed E-state index contributed by atoms with van der Waals surface area (Å²) in [6.07, 6.45) is 1.13. The minimum atomic E-state index is -3.23. The molecule has 0 saturated carbocycles. The highest BCUT2D eigenvalue weighted by Gasteiger charge is 2.31. The van der Waals surface area contributed by atoms with E-state index in [0.717, 1.165) is 6.26 Å². The van der Waals surface area contributed by atoms with Crippen LogP contribution in [0.25, 0.3) is 0 Å². The maximum atomic E-state index is 11.4. The largest absolute Gasteiger partial charge is 0.480 e. The Hall–Kier alpha value is -0.660. The summed E-state index contributed by atoms with van der Waals surface area (Å²) in [4.78, 5) is 10.8. The second-order valence-electron chi connectivity index (χ2n) is 4.26. The van der Waals surface area contributed by atoms with Crippen LogP contribution in [0.1, 0.15) is 13.8 Å². The van der Waals surface area contributed by atoms with E-state index in [1.165, 1.54) is 7.11 Å². The molecule has 0 aromatic heterocycles. The molecule has 0 radical (unpaired) electrons. The van der Waals surface area contributed by atoms with Gasteiger partial charge in [-0.05, 0) is 13.8 Å². The standard InChI is InChI=1S/C9H19NO5S/c1-9(2,16(4,13)14)6-10-7(5-15-3)8(11)12/h7,10H,5-6H2,1-4H3,(H,11,12). The van der Waals surface area contributed by atoms with E-state index in [4.69, 9.17) is 9.84 Å². The number of nitrogens with one attached hydrogen (secondary N) is 1. The van der Waals surface area contributed by atoms with Crippen molar-refractivity contribution in [2.75, 3.05) is 26.5 Å². The topological polar surface area (TPSA) is 92.7 Å². The van der Waals surface area contributed by atoms with Gasteiger partial charge in [0.25, 0.3) is 0 Å². The molecule has 0 aromatic rings. The molecule has 0 heterocycles. The number of carboxylic acids is 1. The first-order valence-electron chi connectivity index (χ1n) is 4.76. The first-order valence-corrected chi connectivity index (χ1v) is 6.65. The van der Waals surface area contributed by atoms with Crippen molar-refractivity contribution in [3.05, 3.63) is 0 Å². The van der Waals surface area contributed by atoms with Crippen molar-refractivity contribution < 1.29 is 23.1 Å². The van der Waals surface area contributed by atoms with Crippen LogP contribution in [0, 0.1) is 0 Å². The van der Waals surface area contributed by atoms with Crippen LogP contribution in [-0.2, 0) is 19.4 Å². The molecule has 1 unspecified atom stereocenters. The molecule has 0 bridgehead atoms. The van der Waals surface area contributed by atoms with Crippen molar-refractivity contribution >= 4 is 15.8 Å². The zero-order chi connectivity index (χ0) is 13.0. The average Bonchev–Trinajstić information content (AvgIpc) is 2.09. The third-order valence-electron chi connectivity index (χ3n) is 2.41. The molecule has 0 rings (SSSR count). The Morgan fingerprint density at radius 2 is 2.00 bits per heavy atom. The van der Waals surface area contributed by atoms with Crippen molar-refractivity contribution in [1.82, 2.24) is 5.32 Å². The molecule has 2 N–H and O–H groups in total. The molecule has 0 spiro atoms. The molecule has 0 aliphatic heterocycles. The van der Waals surface area contributed by atoms with Crippen LogP contribution < -0.4 is 5.32 Å². The molecule has 0 fully saturated rings. The van der Waals surface area contributed by atoms with Gasteiger partial charge in [-0.1, -0.05) is 0 Å². The number of aliphatic carboxylic acids is 1. The number of carboxylic acid groups (broad SMARTS) is 1. The Balaban J connectivity index is 4.47. The molecule has 0 saturated heterocycles. The number of carbonyl (C=O) groups is 1. The Kier molecular flexibility index (Phi) is 5.37. The second kappa shape index (κ2) is 5.60. The molecule has 0 aromatic carbocycles. The van der Waals surface area contributed by atoms with Gasteiger partial charge in [0.15, 0.2) is 9.84 Å². The molecular weight excluding hydrogens is 234 g/mol. The van der Waals surface area contributed by atoms with Crippen LogP contribution in [0.3, 0.4) is 0 Å². The SMILES string of the molecule is COCC(NCC(C)(C)S(C)(=O)=O)C(=O)O. The number of ether oxygens (including phenoxy) is 1. The van der Waals surface area contributed by atoms with E-state index in [9.17, 15) is 13.2 Å². The summed E-state index contributed by atoms with van der Waals surface area (Å²) in [7, 11) is -1.85. The Bertz CT molecular complexity index is 336. The highest BCUT2D eigenvalue weighted by molar-refractivity contribution is 7.92. The summed E-state index contributed by atoms with van der Waals surface area (Å²) in [6, 6.07) is -0.897. The predicted octanol–water partition coefficient (Wildman–Crippen LogP) is -0.501. The van der Waals surface area contributed by atoms with Gasteiger partial charge in [-0.3, -0.25) is 4.79 Å². The minimum Gasteiger partial charge on any atom is -0.480 e. The molecule has 0 aliphatic rings.